The fourth-order valence-electron chi connectivity index (χ4n) is 1.79. The molecule has 0 saturated carbocycles. The Morgan fingerprint density at radius 2 is 2.47 bits per heavy atom. The molecule has 1 atom stereocenters. The molecule has 78 valence electrons. The van der Waals surface area contributed by atoms with E-state index in [4.69, 9.17) is 9.39 Å². The first-order chi connectivity index (χ1) is 7.22. The Labute approximate surface area is 87.4 Å². The van der Waals surface area contributed by atoms with Gasteiger partial charge in [-0.25, -0.2) is 0 Å². The van der Waals surface area contributed by atoms with E-state index in [0.717, 1.165) is 16.8 Å². The van der Waals surface area contributed by atoms with Crippen molar-refractivity contribution in [3.05, 3.63) is 33.9 Å². The van der Waals surface area contributed by atoms with Crippen LogP contribution in [-0.2, 0) is 4.65 Å². The minimum absolute atomic E-state index is 0.194. The molecule has 0 aromatic heterocycles. The van der Waals surface area contributed by atoms with Gasteiger partial charge in [0.2, 0.25) is 6.54 Å². The second kappa shape index (κ2) is 3.90. The molecule has 1 heterocycles. The monoisotopic (exact) mass is 207 g/mol. The highest BCUT2D eigenvalue weighted by Crippen LogP contribution is 2.24. The molecule has 15 heavy (non-hydrogen) atoms. The second-order valence-electron chi connectivity index (χ2n) is 3.34. The fraction of sp³-hybridized carbons (Fsp3) is 0.333. The number of nitrogens with zero attached hydrogens (tertiary/aromatic N) is 1. The lowest BCUT2D eigenvalue weighted by atomic mass is 9.85. The predicted molar refractivity (Wildman–Crippen MR) is 55.5 cm³/mol. The molecule has 0 radical (unpaired) electrons. The maximum absolute atomic E-state index is 10.4. The molecule has 0 amide bonds. The first kappa shape index (κ1) is 9.98. The molecule has 0 spiro atoms. The number of nitro groups is 1. The van der Waals surface area contributed by atoms with Gasteiger partial charge in [-0.3, -0.25) is 10.1 Å². The van der Waals surface area contributed by atoms with E-state index in [1.807, 2.05) is 18.2 Å². The molecule has 0 aliphatic carbocycles. The van der Waals surface area contributed by atoms with Gasteiger partial charge in [0.1, 0.15) is 11.9 Å². The van der Waals surface area contributed by atoms with Gasteiger partial charge in [0.25, 0.3) is 0 Å². The molecule has 0 fully saturated rings. The molecule has 1 aliphatic rings. The lowest BCUT2D eigenvalue weighted by Gasteiger charge is -2.08. The van der Waals surface area contributed by atoms with Gasteiger partial charge < -0.3 is 9.39 Å². The minimum Gasteiger partial charge on any atom is -0.497 e. The number of ether oxygens (including phenoxy) is 1. The van der Waals surface area contributed by atoms with Crippen molar-refractivity contribution in [1.82, 2.24) is 0 Å². The summed E-state index contributed by atoms with van der Waals surface area (Å²) in [6.07, 6.45) is -0.440. The summed E-state index contributed by atoms with van der Waals surface area (Å²) in [6, 6.07) is 5.50. The largest absolute Gasteiger partial charge is 0.497 e. The minimum atomic E-state index is -0.440. The Hall–Kier alpha value is -1.56. The molecule has 0 bridgehead atoms. The topological polar surface area (TPSA) is 61.6 Å². The van der Waals surface area contributed by atoms with Gasteiger partial charge in [0.15, 0.2) is 0 Å². The van der Waals surface area contributed by atoms with Crippen molar-refractivity contribution in [2.75, 3.05) is 13.7 Å². The van der Waals surface area contributed by atoms with E-state index >= 15 is 0 Å². The van der Waals surface area contributed by atoms with Gasteiger partial charge in [-0.2, -0.15) is 0 Å². The summed E-state index contributed by atoms with van der Waals surface area (Å²) in [5.41, 5.74) is 1.79. The summed E-state index contributed by atoms with van der Waals surface area (Å²) < 4.78 is 10.5. The van der Waals surface area contributed by atoms with Gasteiger partial charge in [-0.1, -0.05) is 12.1 Å². The van der Waals surface area contributed by atoms with Crippen molar-refractivity contribution in [2.45, 2.75) is 6.10 Å². The van der Waals surface area contributed by atoms with Crippen LogP contribution in [0.25, 0.3) is 0 Å². The van der Waals surface area contributed by atoms with E-state index in [-0.39, 0.29) is 11.5 Å². The number of fused-ring (bicyclic) bond motifs is 1. The average Bonchev–Trinajstić information content (AvgIpc) is 2.61. The molecule has 1 aromatic rings. The Morgan fingerprint density at radius 1 is 1.67 bits per heavy atom. The molecule has 1 aliphatic heterocycles. The standard InChI is InChI=1S/C9H10BNO4/c1-14-7-4-2-3-6-8(5-11(12)13)15-10-9(6)7/h2-4,8,10H,5H2,1H3. The van der Waals surface area contributed by atoms with E-state index in [1.54, 1.807) is 7.11 Å². The number of rotatable bonds is 3. The lowest BCUT2D eigenvalue weighted by Crippen LogP contribution is -2.15. The summed E-state index contributed by atoms with van der Waals surface area (Å²) in [4.78, 5) is 10.1. The highest BCUT2D eigenvalue weighted by molar-refractivity contribution is 6.50. The molecule has 6 heteroatoms. The van der Waals surface area contributed by atoms with E-state index in [9.17, 15) is 10.1 Å². The van der Waals surface area contributed by atoms with Crippen LogP contribution in [0.5, 0.6) is 5.75 Å². The Morgan fingerprint density at radius 3 is 3.13 bits per heavy atom. The Kier molecular flexibility index (Phi) is 2.59. The van der Waals surface area contributed by atoms with E-state index in [2.05, 4.69) is 0 Å². The summed E-state index contributed by atoms with van der Waals surface area (Å²) in [5.74, 6) is 0.735. The zero-order chi connectivity index (χ0) is 10.8. The number of hydrogen-bond acceptors (Lipinski definition) is 4. The van der Waals surface area contributed by atoms with Gasteiger partial charge in [0.05, 0.1) is 7.11 Å². The second-order valence-corrected chi connectivity index (χ2v) is 3.34. The summed E-state index contributed by atoms with van der Waals surface area (Å²) in [7, 11) is 1.97. The molecule has 1 aromatic carbocycles. The first-order valence-electron chi connectivity index (χ1n) is 4.61. The van der Waals surface area contributed by atoms with Crippen LogP contribution in [0.1, 0.15) is 11.7 Å². The fourth-order valence-corrected chi connectivity index (χ4v) is 1.79. The van der Waals surface area contributed by atoms with Gasteiger partial charge in [0, 0.05) is 4.92 Å². The van der Waals surface area contributed by atoms with Gasteiger partial charge in [-0.15, -0.1) is 0 Å². The van der Waals surface area contributed by atoms with E-state index in [0.29, 0.717) is 7.48 Å². The third-order valence-corrected chi connectivity index (χ3v) is 2.48. The zero-order valence-electron chi connectivity index (χ0n) is 8.30. The maximum atomic E-state index is 10.4. The van der Waals surface area contributed by atoms with E-state index < -0.39 is 6.10 Å². The van der Waals surface area contributed by atoms with Gasteiger partial charge in [-0.05, 0) is 17.1 Å². The third-order valence-electron chi connectivity index (χ3n) is 2.48. The van der Waals surface area contributed by atoms with Crippen molar-refractivity contribution in [2.24, 2.45) is 0 Å². The van der Waals surface area contributed by atoms with Crippen molar-refractivity contribution in [1.29, 1.82) is 0 Å². The van der Waals surface area contributed by atoms with Crippen LogP contribution >= 0.6 is 0 Å². The predicted octanol–water partition coefficient (Wildman–Crippen LogP) is 0.0200. The Bertz CT molecular complexity index is 396. The van der Waals surface area contributed by atoms with Crippen LogP contribution in [0.3, 0.4) is 0 Å². The Balaban J connectivity index is 2.31. The van der Waals surface area contributed by atoms with Crippen molar-refractivity contribution < 1.29 is 14.3 Å². The molecule has 0 N–H and O–H groups in total. The summed E-state index contributed by atoms with van der Waals surface area (Å²) >= 11 is 0. The molecule has 5 nitrogen and oxygen atoms in total. The van der Waals surface area contributed by atoms with Gasteiger partial charge >= 0.3 is 7.48 Å². The zero-order valence-corrected chi connectivity index (χ0v) is 8.30. The van der Waals surface area contributed by atoms with Crippen LogP contribution in [0.2, 0.25) is 0 Å². The summed E-state index contributed by atoms with van der Waals surface area (Å²) in [5, 5.41) is 10.4. The molecule has 1 unspecified atom stereocenters. The molecular weight excluding hydrogens is 197 g/mol. The van der Waals surface area contributed by atoms with Crippen molar-refractivity contribution in [3.8, 4) is 5.75 Å². The van der Waals surface area contributed by atoms with E-state index in [1.165, 1.54) is 0 Å². The van der Waals surface area contributed by atoms with Crippen molar-refractivity contribution >= 4 is 12.9 Å². The van der Waals surface area contributed by atoms with Crippen LogP contribution in [0.15, 0.2) is 18.2 Å². The molecular formula is C9H10BNO4. The molecule has 0 saturated heterocycles. The first-order valence-corrected chi connectivity index (χ1v) is 4.61. The number of hydrogen-bond donors (Lipinski definition) is 0. The number of benzene rings is 1. The van der Waals surface area contributed by atoms with Crippen LogP contribution < -0.4 is 10.2 Å². The smallest absolute Gasteiger partial charge is 0.313 e. The third kappa shape index (κ3) is 1.80. The van der Waals surface area contributed by atoms with Crippen molar-refractivity contribution in [3.63, 3.8) is 0 Å². The van der Waals surface area contributed by atoms with Crippen LogP contribution in [0, 0.1) is 10.1 Å². The summed E-state index contributed by atoms with van der Waals surface area (Å²) in [6.45, 7) is -0.194. The highest BCUT2D eigenvalue weighted by atomic mass is 16.6. The van der Waals surface area contributed by atoms with Crippen LogP contribution in [0.4, 0.5) is 0 Å². The highest BCUT2D eigenvalue weighted by Gasteiger charge is 2.30. The average molecular weight is 207 g/mol. The number of methoxy groups -OCH3 is 1. The lowest BCUT2D eigenvalue weighted by molar-refractivity contribution is -0.489. The SMILES string of the molecule is COc1cccc2c1BOC2C[N+](=O)[O-]. The quantitative estimate of drug-likeness (QED) is 0.398. The molecule has 2 rings (SSSR count). The maximum Gasteiger partial charge on any atom is 0.313 e. The normalized spacial score (nSPS) is 18.1. The van der Waals surface area contributed by atoms with Crippen LogP contribution in [-0.4, -0.2) is 26.1 Å².